The Labute approximate surface area is 207 Å². The van der Waals surface area contributed by atoms with Gasteiger partial charge in [-0.1, -0.05) is 48.6 Å². The lowest BCUT2D eigenvalue weighted by atomic mass is 10.0. The number of thiocarbonyl (C=S) groups is 1. The Morgan fingerprint density at radius 1 is 1.00 bits per heavy atom. The molecule has 2 aromatic rings. The molecule has 2 aromatic carbocycles. The predicted molar refractivity (Wildman–Crippen MR) is 140 cm³/mol. The molecule has 0 aromatic heterocycles. The zero-order valence-electron chi connectivity index (χ0n) is 20.2. The highest BCUT2D eigenvalue weighted by atomic mass is 32.1. The highest BCUT2D eigenvalue weighted by Gasteiger charge is 2.21. The predicted octanol–water partition coefficient (Wildman–Crippen LogP) is 2.91. The van der Waals surface area contributed by atoms with Crippen LogP contribution in [-0.2, 0) is 14.3 Å². The third-order valence-electron chi connectivity index (χ3n) is 6.10. The SMILES string of the molecule is CCN(C(=O)COC(=O)CN1CCN(c2ccc(-c3ccc(C(N)=S)cc3)cc2)CC1)C(C)C. The van der Waals surface area contributed by atoms with Gasteiger partial charge in [-0.2, -0.15) is 0 Å². The molecule has 0 spiro atoms. The van der Waals surface area contributed by atoms with E-state index in [0.29, 0.717) is 11.5 Å². The van der Waals surface area contributed by atoms with Crippen molar-refractivity contribution in [1.29, 1.82) is 0 Å². The molecule has 0 bridgehead atoms. The van der Waals surface area contributed by atoms with E-state index in [1.807, 2.05) is 45.0 Å². The second-order valence-corrected chi connectivity index (χ2v) is 9.13. The Hall–Kier alpha value is -2.97. The van der Waals surface area contributed by atoms with Gasteiger partial charge < -0.3 is 20.3 Å². The zero-order chi connectivity index (χ0) is 24.7. The number of hydrogen-bond donors (Lipinski definition) is 1. The standard InChI is InChI=1S/C26H34N4O3S/c1-4-30(19(2)3)24(31)18-33-25(32)17-28-13-15-29(16-14-28)23-11-9-21(10-12-23)20-5-7-22(8-6-20)26(27)34/h5-12,19H,4,13-18H2,1-3H3,(H2,27,34). The molecule has 1 amide bonds. The summed E-state index contributed by atoms with van der Waals surface area (Å²) in [6.45, 7) is 9.61. The molecule has 1 saturated heterocycles. The fourth-order valence-electron chi connectivity index (χ4n) is 4.14. The van der Waals surface area contributed by atoms with Gasteiger partial charge in [0.15, 0.2) is 6.61 Å². The minimum atomic E-state index is -0.354. The van der Waals surface area contributed by atoms with Crippen molar-refractivity contribution in [2.75, 3.05) is 50.8 Å². The first kappa shape index (κ1) is 25.6. The van der Waals surface area contributed by atoms with Crippen molar-refractivity contribution in [2.24, 2.45) is 5.73 Å². The molecule has 0 atom stereocenters. The van der Waals surface area contributed by atoms with Crippen LogP contribution in [0.25, 0.3) is 11.1 Å². The summed E-state index contributed by atoms with van der Waals surface area (Å²) in [6, 6.07) is 16.5. The van der Waals surface area contributed by atoms with Crippen LogP contribution in [0.5, 0.6) is 0 Å². The number of anilines is 1. The van der Waals surface area contributed by atoms with E-state index in [9.17, 15) is 9.59 Å². The Morgan fingerprint density at radius 3 is 2.06 bits per heavy atom. The maximum Gasteiger partial charge on any atom is 0.320 e. The molecule has 2 N–H and O–H groups in total. The van der Waals surface area contributed by atoms with Crippen LogP contribution in [0.3, 0.4) is 0 Å². The van der Waals surface area contributed by atoms with Gasteiger partial charge in [0.2, 0.25) is 0 Å². The topological polar surface area (TPSA) is 79.1 Å². The van der Waals surface area contributed by atoms with Gasteiger partial charge in [0.1, 0.15) is 4.99 Å². The van der Waals surface area contributed by atoms with Gasteiger partial charge in [0, 0.05) is 50.0 Å². The largest absolute Gasteiger partial charge is 0.455 e. The van der Waals surface area contributed by atoms with Crippen molar-refractivity contribution in [2.45, 2.75) is 26.8 Å². The van der Waals surface area contributed by atoms with Gasteiger partial charge >= 0.3 is 5.97 Å². The summed E-state index contributed by atoms with van der Waals surface area (Å²) in [6.07, 6.45) is 0. The lowest BCUT2D eigenvalue weighted by Crippen LogP contribution is -2.48. The summed E-state index contributed by atoms with van der Waals surface area (Å²) in [5.74, 6) is -0.509. The molecule has 0 saturated carbocycles. The first-order valence-corrected chi connectivity index (χ1v) is 12.1. The van der Waals surface area contributed by atoms with Crippen LogP contribution in [0.1, 0.15) is 26.3 Å². The molecule has 3 rings (SSSR count). The molecule has 1 aliphatic heterocycles. The van der Waals surface area contributed by atoms with E-state index >= 15 is 0 Å². The fourth-order valence-corrected chi connectivity index (χ4v) is 4.27. The molecule has 0 unspecified atom stereocenters. The first-order chi connectivity index (χ1) is 16.3. The summed E-state index contributed by atoms with van der Waals surface area (Å²) in [5, 5.41) is 0. The summed E-state index contributed by atoms with van der Waals surface area (Å²) < 4.78 is 5.23. The fraction of sp³-hybridized carbons (Fsp3) is 0.423. The third kappa shape index (κ3) is 6.77. The van der Waals surface area contributed by atoms with E-state index in [4.69, 9.17) is 22.7 Å². The van der Waals surface area contributed by atoms with Gasteiger partial charge in [0.25, 0.3) is 5.91 Å². The van der Waals surface area contributed by atoms with E-state index in [2.05, 4.69) is 34.1 Å². The van der Waals surface area contributed by atoms with Crippen molar-refractivity contribution in [3.05, 3.63) is 54.1 Å². The van der Waals surface area contributed by atoms with Crippen molar-refractivity contribution in [3.63, 3.8) is 0 Å². The second-order valence-electron chi connectivity index (χ2n) is 8.69. The van der Waals surface area contributed by atoms with E-state index in [1.165, 1.54) is 0 Å². The van der Waals surface area contributed by atoms with E-state index in [0.717, 1.165) is 48.6 Å². The monoisotopic (exact) mass is 482 g/mol. The molecule has 8 heteroatoms. The van der Waals surface area contributed by atoms with Crippen molar-refractivity contribution in [1.82, 2.24) is 9.80 Å². The summed E-state index contributed by atoms with van der Waals surface area (Å²) in [4.78, 5) is 30.9. The number of ether oxygens (including phenoxy) is 1. The number of carbonyl (C=O) groups is 2. The maximum absolute atomic E-state index is 12.2. The highest BCUT2D eigenvalue weighted by Crippen LogP contribution is 2.24. The molecular weight excluding hydrogens is 448 g/mol. The number of nitrogens with zero attached hydrogens (tertiary/aromatic N) is 3. The van der Waals surface area contributed by atoms with E-state index in [-0.39, 0.29) is 31.1 Å². The number of amides is 1. The average Bonchev–Trinajstić information content (AvgIpc) is 2.83. The maximum atomic E-state index is 12.2. The lowest BCUT2D eigenvalue weighted by molar-refractivity contribution is -0.153. The summed E-state index contributed by atoms with van der Waals surface area (Å²) in [5.41, 5.74) is 9.94. The summed E-state index contributed by atoms with van der Waals surface area (Å²) in [7, 11) is 0. The van der Waals surface area contributed by atoms with Gasteiger partial charge in [-0.3, -0.25) is 14.5 Å². The average molecular weight is 483 g/mol. The molecule has 0 aliphatic carbocycles. The number of esters is 1. The molecule has 1 fully saturated rings. The number of nitrogens with two attached hydrogens (primary N) is 1. The van der Waals surface area contributed by atoms with Crippen LogP contribution >= 0.6 is 12.2 Å². The lowest BCUT2D eigenvalue weighted by Gasteiger charge is -2.35. The van der Waals surface area contributed by atoms with Crippen LogP contribution in [0.4, 0.5) is 5.69 Å². The first-order valence-electron chi connectivity index (χ1n) is 11.7. The molecule has 34 heavy (non-hydrogen) atoms. The normalized spacial score (nSPS) is 14.2. The van der Waals surface area contributed by atoms with Crippen molar-refractivity contribution < 1.29 is 14.3 Å². The number of benzene rings is 2. The summed E-state index contributed by atoms with van der Waals surface area (Å²) >= 11 is 5.02. The van der Waals surface area contributed by atoms with E-state index < -0.39 is 0 Å². The second kappa shape index (κ2) is 11.9. The molecule has 182 valence electrons. The Morgan fingerprint density at radius 2 is 1.56 bits per heavy atom. The van der Waals surface area contributed by atoms with Crippen LogP contribution in [0.15, 0.2) is 48.5 Å². The number of carbonyl (C=O) groups excluding carboxylic acids is 2. The minimum Gasteiger partial charge on any atom is -0.455 e. The molecule has 1 heterocycles. The van der Waals surface area contributed by atoms with Crippen molar-refractivity contribution in [3.8, 4) is 11.1 Å². The quantitative estimate of drug-likeness (QED) is 0.435. The van der Waals surface area contributed by atoms with Crippen LogP contribution in [-0.4, -0.2) is 78.6 Å². The van der Waals surface area contributed by atoms with Gasteiger partial charge in [-0.25, -0.2) is 0 Å². The number of piperazine rings is 1. The highest BCUT2D eigenvalue weighted by molar-refractivity contribution is 7.80. The molecule has 7 nitrogen and oxygen atoms in total. The van der Waals surface area contributed by atoms with Crippen LogP contribution in [0.2, 0.25) is 0 Å². The van der Waals surface area contributed by atoms with Gasteiger partial charge in [-0.15, -0.1) is 0 Å². The van der Waals surface area contributed by atoms with Gasteiger partial charge in [0.05, 0.1) is 6.54 Å². The number of likely N-dealkylation sites (N-methyl/N-ethyl adjacent to an activating group) is 1. The number of rotatable bonds is 9. The van der Waals surface area contributed by atoms with Crippen LogP contribution < -0.4 is 10.6 Å². The Kier molecular flexibility index (Phi) is 9.01. The number of hydrogen-bond acceptors (Lipinski definition) is 6. The molecule has 0 radical (unpaired) electrons. The smallest absolute Gasteiger partial charge is 0.320 e. The van der Waals surface area contributed by atoms with Crippen molar-refractivity contribution >= 4 is 34.8 Å². The van der Waals surface area contributed by atoms with E-state index in [1.54, 1.807) is 4.90 Å². The molecule has 1 aliphatic rings. The molecular formula is C26H34N4O3S. The third-order valence-corrected chi connectivity index (χ3v) is 6.34. The Balaban J connectivity index is 1.46. The zero-order valence-corrected chi connectivity index (χ0v) is 21.0. The van der Waals surface area contributed by atoms with Gasteiger partial charge in [-0.05, 0) is 44.0 Å². The van der Waals surface area contributed by atoms with Crippen LogP contribution in [0, 0.1) is 0 Å². The Bertz CT molecular complexity index is 984. The minimum absolute atomic E-state index is 0.0916.